The summed E-state index contributed by atoms with van der Waals surface area (Å²) < 4.78 is 0. The molecule has 1 aromatic heterocycles. The quantitative estimate of drug-likeness (QED) is 0.241. The lowest BCUT2D eigenvalue weighted by molar-refractivity contribution is -0.142. The molecule has 0 saturated heterocycles. The monoisotopic (exact) mass is 489 g/mol. The van der Waals surface area contributed by atoms with Crippen molar-refractivity contribution in [3.8, 4) is 0 Å². The number of fused-ring (bicyclic) bond motifs is 1. The predicted molar refractivity (Wildman–Crippen MR) is 149 cm³/mol. The molecule has 0 aliphatic heterocycles. The zero-order valence-corrected chi connectivity index (χ0v) is 22.3. The molecule has 3 rings (SSSR count). The zero-order valence-electron chi connectivity index (χ0n) is 22.3. The van der Waals surface area contributed by atoms with E-state index in [0.717, 1.165) is 30.3 Å². The number of rotatable bonds is 15. The van der Waals surface area contributed by atoms with E-state index >= 15 is 0 Å². The summed E-state index contributed by atoms with van der Waals surface area (Å²) in [6.07, 6.45) is 10.2. The third-order valence-electron chi connectivity index (χ3n) is 6.89. The first kappa shape index (κ1) is 27.5. The fraction of sp³-hybridized carbons (Fsp3) is 0.484. The molecule has 5 nitrogen and oxygen atoms in total. The Hall–Kier alpha value is -3.08. The first-order chi connectivity index (χ1) is 17.5. The second-order valence-corrected chi connectivity index (χ2v) is 10.0. The number of amides is 2. The van der Waals surface area contributed by atoms with Gasteiger partial charge >= 0.3 is 0 Å². The Balaban J connectivity index is 1.64. The predicted octanol–water partition coefficient (Wildman–Crippen LogP) is 6.73. The van der Waals surface area contributed by atoms with Crippen molar-refractivity contribution in [2.24, 2.45) is 0 Å². The highest BCUT2D eigenvalue weighted by atomic mass is 16.2. The van der Waals surface area contributed by atoms with Crippen molar-refractivity contribution in [3.05, 3.63) is 71.9 Å². The van der Waals surface area contributed by atoms with Crippen molar-refractivity contribution in [1.82, 2.24) is 14.8 Å². The Kier molecular flexibility index (Phi) is 11.1. The van der Waals surface area contributed by atoms with Gasteiger partial charge in [0, 0.05) is 42.7 Å². The normalized spacial score (nSPS) is 11.2. The van der Waals surface area contributed by atoms with Crippen LogP contribution in [-0.4, -0.2) is 45.7 Å². The molecular weight excluding hydrogens is 446 g/mol. The van der Waals surface area contributed by atoms with Crippen molar-refractivity contribution >= 4 is 22.7 Å². The van der Waals surface area contributed by atoms with Gasteiger partial charge in [-0.1, -0.05) is 87.6 Å². The molecule has 1 N–H and O–H groups in total. The number of H-pyrrole nitrogens is 1. The number of nitrogens with zero attached hydrogens (tertiary/aromatic N) is 2. The molecule has 3 aromatic rings. The smallest absolute Gasteiger partial charge is 0.242 e. The van der Waals surface area contributed by atoms with Gasteiger partial charge in [0.05, 0.1) is 6.54 Å². The molecular formula is C31H43N3O2. The summed E-state index contributed by atoms with van der Waals surface area (Å²) in [5.41, 5.74) is 3.41. The SMILES string of the molecule is CCCCCCCCC(=O)N(CC(=O)N(CCc1c[nH]c2ccccc12)Cc1ccccc1)C(C)C. The highest BCUT2D eigenvalue weighted by Gasteiger charge is 2.23. The van der Waals surface area contributed by atoms with Crippen LogP contribution in [0.15, 0.2) is 60.8 Å². The van der Waals surface area contributed by atoms with E-state index in [1.165, 1.54) is 36.6 Å². The first-order valence-corrected chi connectivity index (χ1v) is 13.7. The van der Waals surface area contributed by atoms with Gasteiger partial charge in [-0.2, -0.15) is 0 Å². The summed E-state index contributed by atoms with van der Waals surface area (Å²) in [4.78, 5) is 33.6. The molecule has 1 heterocycles. The molecule has 0 aliphatic carbocycles. The van der Waals surface area contributed by atoms with Crippen molar-refractivity contribution in [1.29, 1.82) is 0 Å². The molecule has 194 valence electrons. The van der Waals surface area contributed by atoms with Gasteiger partial charge < -0.3 is 14.8 Å². The molecule has 0 bridgehead atoms. The van der Waals surface area contributed by atoms with E-state index in [9.17, 15) is 9.59 Å². The van der Waals surface area contributed by atoms with E-state index in [4.69, 9.17) is 0 Å². The van der Waals surface area contributed by atoms with Crippen LogP contribution >= 0.6 is 0 Å². The second-order valence-electron chi connectivity index (χ2n) is 10.0. The number of unbranched alkanes of at least 4 members (excludes halogenated alkanes) is 5. The fourth-order valence-corrected chi connectivity index (χ4v) is 4.69. The van der Waals surface area contributed by atoms with Crippen LogP contribution in [0.5, 0.6) is 0 Å². The Bertz CT molecular complexity index is 1070. The van der Waals surface area contributed by atoms with Crippen LogP contribution in [-0.2, 0) is 22.6 Å². The number of benzene rings is 2. The van der Waals surface area contributed by atoms with E-state index in [-0.39, 0.29) is 24.4 Å². The van der Waals surface area contributed by atoms with Crippen LogP contribution in [0.25, 0.3) is 10.9 Å². The minimum Gasteiger partial charge on any atom is -0.361 e. The van der Waals surface area contributed by atoms with Gasteiger partial charge in [-0.05, 0) is 43.9 Å². The molecule has 2 aromatic carbocycles. The minimum absolute atomic E-state index is 0.00342. The number of aromatic amines is 1. The molecule has 0 radical (unpaired) electrons. The topological polar surface area (TPSA) is 56.4 Å². The van der Waals surface area contributed by atoms with Gasteiger partial charge in [0.1, 0.15) is 0 Å². The van der Waals surface area contributed by atoms with E-state index in [1.807, 2.05) is 55.3 Å². The molecule has 2 amide bonds. The van der Waals surface area contributed by atoms with Gasteiger partial charge in [0.15, 0.2) is 0 Å². The van der Waals surface area contributed by atoms with Crippen molar-refractivity contribution < 1.29 is 9.59 Å². The van der Waals surface area contributed by atoms with Crippen LogP contribution in [0, 0.1) is 0 Å². The lowest BCUT2D eigenvalue weighted by Gasteiger charge is -2.30. The lowest BCUT2D eigenvalue weighted by atomic mass is 10.1. The summed E-state index contributed by atoms with van der Waals surface area (Å²) in [6.45, 7) is 7.49. The molecule has 0 fully saturated rings. The molecule has 36 heavy (non-hydrogen) atoms. The zero-order chi connectivity index (χ0) is 25.8. The molecule has 0 spiro atoms. The number of carbonyl (C=O) groups is 2. The highest BCUT2D eigenvalue weighted by Crippen LogP contribution is 2.19. The molecule has 0 unspecified atom stereocenters. The fourth-order valence-electron chi connectivity index (χ4n) is 4.69. The van der Waals surface area contributed by atoms with E-state index in [2.05, 4.69) is 36.2 Å². The first-order valence-electron chi connectivity index (χ1n) is 13.7. The van der Waals surface area contributed by atoms with Crippen LogP contribution in [0.1, 0.15) is 76.8 Å². The second kappa shape index (κ2) is 14.5. The summed E-state index contributed by atoms with van der Waals surface area (Å²) >= 11 is 0. The molecule has 0 atom stereocenters. The van der Waals surface area contributed by atoms with Gasteiger partial charge in [-0.15, -0.1) is 0 Å². The summed E-state index contributed by atoms with van der Waals surface area (Å²) in [5, 5.41) is 1.20. The largest absolute Gasteiger partial charge is 0.361 e. The summed E-state index contributed by atoms with van der Waals surface area (Å²) in [5.74, 6) is 0.0915. The number of nitrogens with one attached hydrogen (secondary N) is 1. The standard InChI is InChI=1S/C31H43N3O2/c1-4-5-6-7-8-12-19-30(35)34(25(2)3)24-31(36)33(23-26-15-10-9-11-16-26)21-20-27-22-32-29-18-14-13-17-28(27)29/h9-11,13-18,22,25,32H,4-8,12,19-21,23-24H2,1-3H3. The van der Waals surface area contributed by atoms with Gasteiger partial charge in [-0.3, -0.25) is 9.59 Å². The van der Waals surface area contributed by atoms with Crippen LogP contribution in [0.3, 0.4) is 0 Å². The van der Waals surface area contributed by atoms with Gasteiger partial charge in [0.2, 0.25) is 11.8 Å². The van der Waals surface area contributed by atoms with Crippen LogP contribution in [0.4, 0.5) is 0 Å². The molecule has 0 aliphatic rings. The maximum atomic E-state index is 13.6. The lowest BCUT2D eigenvalue weighted by Crippen LogP contribution is -2.46. The molecule has 5 heteroatoms. The van der Waals surface area contributed by atoms with Gasteiger partial charge in [-0.25, -0.2) is 0 Å². The molecule has 0 saturated carbocycles. The van der Waals surface area contributed by atoms with Crippen molar-refractivity contribution in [2.45, 2.75) is 84.7 Å². The average molecular weight is 490 g/mol. The van der Waals surface area contributed by atoms with Crippen molar-refractivity contribution in [2.75, 3.05) is 13.1 Å². The van der Waals surface area contributed by atoms with E-state index in [1.54, 1.807) is 4.90 Å². The van der Waals surface area contributed by atoms with E-state index in [0.29, 0.717) is 19.5 Å². The maximum Gasteiger partial charge on any atom is 0.242 e. The number of carbonyl (C=O) groups excluding carboxylic acids is 2. The Morgan fingerprint density at radius 1 is 0.861 bits per heavy atom. The Morgan fingerprint density at radius 3 is 2.31 bits per heavy atom. The summed E-state index contributed by atoms with van der Waals surface area (Å²) in [7, 11) is 0. The van der Waals surface area contributed by atoms with Crippen LogP contribution in [0.2, 0.25) is 0 Å². The number of para-hydroxylation sites is 1. The third-order valence-corrected chi connectivity index (χ3v) is 6.89. The number of hydrogen-bond acceptors (Lipinski definition) is 2. The minimum atomic E-state index is -0.00580. The van der Waals surface area contributed by atoms with Crippen molar-refractivity contribution in [3.63, 3.8) is 0 Å². The van der Waals surface area contributed by atoms with Gasteiger partial charge in [0.25, 0.3) is 0 Å². The average Bonchev–Trinajstić information content (AvgIpc) is 3.30. The number of aromatic nitrogens is 1. The Morgan fingerprint density at radius 2 is 1.56 bits per heavy atom. The maximum absolute atomic E-state index is 13.6. The number of hydrogen-bond donors (Lipinski definition) is 1. The highest BCUT2D eigenvalue weighted by molar-refractivity contribution is 5.85. The third kappa shape index (κ3) is 8.25. The summed E-state index contributed by atoms with van der Waals surface area (Å²) in [6, 6.07) is 18.3. The van der Waals surface area contributed by atoms with E-state index < -0.39 is 0 Å². The Labute approximate surface area is 216 Å². The van der Waals surface area contributed by atoms with Crippen LogP contribution < -0.4 is 0 Å².